The molecular formula is C22H34N6. The maximum absolute atomic E-state index is 5.94. The molecule has 3 atom stereocenters. The van der Waals surface area contributed by atoms with Crippen molar-refractivity contribution in [3.8, 4) is 0 Å². The lowest BCUT2D eigenvalue weighted by Gasteiger charge is -2.30. The van der Waals surface area contributed by atoms with Crippen molar-refractivity contribution >= 4 is 0 Å². The molecule has 2 aliphatic rings. The van der Waals surface area contributed by atoms with Crippen LogP contribution in [-0.2, 0) is 0 Å². The fourth-order valence-corrected chi connectivity index (χ4v) is 5.07. The van der Waals surface area contributed by atoms with Crippen LogP contribution < -0.4 is 11.1 Å². The molecule has 152 valence electrons. The maximum atomic E-state index is 5.94. The normalized spacial score (nSPS) is 24.9. The van der Waals surface area contributed by atoms with Crippen LogP contribution in [0.25, 0.3) is 0 Å². The fourth-order valence-electron chi connectivity index (χ4n) is 5.07. The Labute approximate surface area is 168 Å². The molecule has 4 rings (SSSR count). The number of nitrogens with two attached hydrogens (primary N) is 1. The zero-order chi connectivity index (χ0) is 19.2. The lowest BCUT2D eigenvalue weighted by atomic mass is 9.81. The van der Waals surface area contributed by atoms with E-state index < -0.39 is 0 Å². The molecule has 0 aliphatic heterocycles. The molecule has 6 heteroatoms. The first kappa shape index (κ1) is 19.5. The molecule has 28 heavy (non-hydrogen) atoms. The van der Waals surface area contributed by atoms with Gasteiger partial charge in [-0.2, -0.15) is 0 Å². The molecule has 0 spiro atoms. The number of aromatic nitrogens is 4. The summed E-state index contributed by atoms with van der Waals surface area (Å²) in [5.41, 5.74) is 7.18. The third kappa shape index (κ3) is 4.61. The molecule has 3 N–H and O–H groups in total. The van der Waals surface area contributed by atoms with E-state index in [0.717, 1.165) is 18.9 Å². The molecule has 1 aromatic carbocycles. The Kier molecular flexibility index (Phi) is 6.70. The summed E-state index contributed by atoms with van der Waals surface area (Å²) in [7, 11) is 0. The van der Waals surface area contributed by atoms with Gasteiger partial charge in [-0.3, -0.25) is 0 Å². The fraction of sp³-hybridized carbons (Fsp3) is 0.682. The quantitative estimate of drug-likeness (QED) is 0.764. The highest BCUT2D eigenvalue weighted by Gasteiger charge is 2.28. The third-order valence-corrected chi connectivity index (χ3v) is 6.67. The van der Waals surface area contributed by atoms with E-state index in [1.54, 1.807) is 0 Å². The van der Waals surface area contributed by atoms with E-state index in [2.05, 4.69) is 55.9 Å². The molecule has 0 saturated heterocycles. The van der Waals surface area contributed by atoms with Gasteiger partial charge in [0.05, 0.1) is 12.1 Å². The summed E-state index contributed by atoms with van der Waals surface area (Å²) in [6.07, 6.45) is 11.3. The number of benzene rings is 1. The van der Waals surface area contributed by atoms with Gasteiger partial charge in [0.15, 0.2) is 5.82 Å². The topological polar surface area (TPSA) is 81.7 Å². The van der Waals surface area contributed by atoms with E-state index in [0.29, 0.717) is 17.9 Å². The Morgan fingerprint density at radius 2 is 1.79 bits per heavy atom. The number of rotatable bonds is 7. The highest BCUT2D eigenvalue weighted by Crippen LogP contribution is 2.32. The number of tetrazole rings is 1. The number of nitrogens with zero attached hydrogens (tertiary/aromatic N) is 4. The van der Waals surface area contributed by atoms with Crippen molar-refractivity contribution in [1.82, 2.24) is 25.5 Å². The van der Waals surface area contributed by atoms with Crippen molar-refractivity contribution in [3.63, 3.8) is 0 Å². The van der Waals surface area contributed by atoms with Crippen LogP contribution in [0.4, 0.5) is 0 Å². The summed E-state index contributed by atoms with van der Waals surface area (Å²) in [6, 6.07) is 11.1. The second kappa shape index (κ2) is 9.61. The number of nitrogens with one attached hydrogen (secondary N) is 1. The van der Waals surface area contributed by atoms with Gasteiger partial charge in [-0.05, 0) is 73.0 Å². The molecule has 2 aliphatic carbocycles. The summed E-state index contributed by atoms with van der Waals surface area (Å²) in [5, 5.41) is 16.8. The van der Waals surface area contributed by atoms with E-state index in [9.17, 15) is 0 Å². The highest BCUT2D eigenvalue weighted by molar-refractivity contribution is 5.24. The van der Waals surface area contributed by atoms with Crippen LogP contribution >= 0.6 is 0 Å². The minimum absolute atomic E-state index is 0.0383. The molecular weight excluding hydrogens is 348 g/mol. The van der Waals surface area contributed by atoms with Crippen molar-refractivity contribution in [2.75, 3.05) is 13.1 Å². The summed E-state index contributed by atoms with van der Waals surface area (Å²) in [5.74, 6) is 2.33. The molecule has 0 bridgehead atoms. The molecule has 0 radical (unpaired) electrons. The van der Waals surface area contributed by atoms with Gasteiger partial charge < -0.3 is 11.1 Å². The van der Waals surface area contributed by atoms with E-state index in [1.165, 1.54) is 63.4 Å². The predicted octanol–water partition coefficient (Wildman–Crippen LogP) is 3.62. The summed E-state index contributed by atoms with van der Waals surface area (Å²) >= 11 is 0. The van der Waals surface area contributed by atoms with Crippen molar-refractivity contribution in [3.05, 3.63) is 41.7 Å². The zero-order valence-electron chi connectivity index (χ0n) is 16.8. The largest absolute Gasteiger partial charge is 0.330 e. The lowest BCUT2D eigenvalue weighted by Crippen LogP contribution is -2.34. The number of hydrogen-bond donors (Lipinski definition) is 2. The monoisotopic (exact) mass is 382 g/mol. The molecule has 3 unspecified atom stereocenters. The first-order valence-electron chi connectivity index (χ1n) is 11.1. The third-order valence-electron chi connectivity index (χ3n) is 6.67. The molecule has 1 aromatic heterocycles. The van der Waals surface area contributed by atoms with Gasteiger partial charge in [0.25, 0.3) is 0 Å². The van der Waals surface area contributed by atoms with Crippen molar-refractivity contribution in [2.45, 2.75) is 69.9 Å². The van der Waals surface area contributed by atoms with Crippen LogP contribution in [0.2, 0.25) is 0 Å². The summed E-state index contributed by atoms with van der Waals surface area (Å²) < 4.78 is 2.10. The van der Waals surface area contributed by atoms with Crippen LogP contribution in [-0.4, -0.2) is 33.3 Å². The Hall–Kier alpha value is -1.79. The lowest BCUT2D eigenvalue weighted by molar-refractivity contribution is 0.257. The van der Waals surface area contributed by atoms with E-state index in [1.807, 2.05) is 0 Å². The highest BCUT2D eigenvalue weighted by atomic mass is 15.6. The molecule has 2 fully saturated rings. The summed E-state index contributed by atoms with van der Waals surface area (Å²) in [6.45, 7) is 1.81. The van der Waals surface area contributed by atoms with Gasteiger partial charge in [-0.1, -0.05) is 56.0 Å². The first-order valence-corrected chi connectivity index (χ1v) is 11.1. The van der Waals surface area contributed by atoms with Crippen molar-refractivity contribution < 1.29 is 0 Å². The van der Waals surface area contributed by atoms with Crippen LogP contribution in [0.5, 0.6) is 0 Å². The summed E-state index contributed by atoms with van der Waals surface area (Å²) in [4.78, 5) is 0. The van der Waals surface area contributed by atoms with Gasteiger partial charge in [0, 0.05) is 0 Å². The second-order valence-corrected chi connectivity index (χ2v) is 8.66. The molecule has 0 amide bonds. The van der Waals surface area contributed by atoms with Gasteiger partial charge in [0.1, 0.15) is 0 Å². The van der Waals surface area contributed by atoms with Crippen LogP contribution in [0, 0.1) is 11.8 Å². The van der Waals surface area contributed by atoms with E-state index >= 15 is 0 Å². The first-order chi connectivity index (χ1) is 13.8. The van der Waals surface area contributed by atoms with Crippen molar-refractivity contribution in [2.24, 2.45) is 17.6 Å². The average Bonchev–Trinajstić information content (AvgIpc) is 3.25. The minimum Gasteiger partial charge on any atom is -0.330 e. The number of hydrogen-bond acceptors (Lipinski definition) is 5. The Balaban J connectivity index is 1.53. The predicted molar refractivity (Wildman–Crippen MR) is 111 cm³/mol. The van der Waals surface area contributed by atoms with Gasteiger partial charge in [0.2, 0.25) is 0 Å². The smallest absolute Gasteiger partial charge is 0.173 e. The van der Waals surface area contributed by atoms with E-state index in [4.69, 9.17) is 5.73 Å². The van der Waals surface area contributed by atoms with E-state index in [-0.39, 0.29) is 6.04 Å². The van der Waals surface area contributed by atoms with Gasteiger partial charge in [-0.25, -0.2) is 4.68 Å². The van der Waals surface area contributed by atoms with Gasteiger partial charge in [-0.15, -0.1) is 5.10 Å². The minimum atomic E-state index is 0.0383. The molecule has 2 saturated carbocycles. The Bertz CT molecular complexity index is 709. The van der Waals surface area contributed by atoms with Crippen LogP contribution in [0.1, 0.15) is 81.3 Å². The van der Waals surface area contributed by atoms with Crippen molar-refractivity contribution in [1.29, 1.82) is 0 Å². The van der Waals surface area contributed by atoms with Gasteiger partial charge >= 0.3 is 0 Å². The molecule has 1 heterocycles. The average molecular weight is 383 g/mol. The second-order valence-electron chi connectivity index (χ2n) is 8.66. The molecule has 6 nitrogen and oxygen atoms in total. The SMILES string of the molecule is NCC1CCCC(CNC(c2ccccc2)c2nnnn2C2CCCCC2)C1. The zero-order valence-corrected chi connectivity index (χ0v) is 16.8. The Morgan fingerprint density at radius 1 is 1.00 bits per heavy atom. The molecule has 2 aromatic rings. The van der Waals surface area contributed by atoms with Crippen LogP contribution in [0.15, 0.2) is 30.3 Å². The van der Waals surface area contributed by atoms with Crippen LogP contribution in [0.3, 0.4) is 0 Å². The standard InChI is InChI=1S/C22H34N6/c23-15-17-8-7-9-18(14-17)16-24-21(19-10-3-1-4-11-19)22-25-26-27-28(22)20-12-5-2-6-13-20/h1,3-4,10-11,17-18,20-21,24H,2,5-9,12-16,23H2. The Morgan fingerprint density at radius 3 is 2.57 bits per heavy atom. The maximum Gasteiger partial charge on any atom is 0.173 e.